The number of nitrogens with zero attached hydrogens (tertiary/aromatic N) is 2. The lowest BCUT2D eigenvalue weighted by molar-refractivity contribution is 0.159. The summed E-state index contributed by atoms with van der Waals surface area (Å²) in [6.07, 6.45) is 5.46. The fraction of sp³-hybridized carbons (Fsp3) is 1.00. The van der Waals surface area contributed by atoms with Crippen LogP contribution in [0.2, 0.25) is 0 Å². The maximum atomic E-state index is 5.78. The highest BCUT2D eigenvalue weighted by Crippen LogP contribution is 2.17. The molecule has 1 heterocycles. The van der Waals surface area contributed by atoms with E-state index in [1.54, 1.807) is 0 Å². The van der Waals surface area contributed by atoms with Crippen LogP contribution in [-0.4, -0.2) is 55.6 Å². The second-order valence-corrected chi connectivity index (χ2v) is 5.16. The van der Waals surface area contributed by atoms with E-state index in [0.717, 1.165) is 12.6 Å². The van der Waals surface area contributed by atoms with Crippen molar-refractivity contribution in [3.05, 3.63) is 0 Å². The highest BCUT2D eigenvalue weighted by atomic mass is 15.1. The van der Waals surface area contributed by atoms with Gasteiger partial charge in [0.05, 0.1) is 0 Å². The second kappa shape index (κ2) is 6.46. The minimum Gasteiger partial charge on any atom is -0.327 e. The summed E-state index contributed by atoms with van der Waals surface area (Å²) in [7, 11) is 4.43. The van der Waals surface area contributed by atoms with Crippen LogP contribution in [0.5, 0.6) is 0 Å². The fourth-order valence-electron chi connectivity index (χ4n) is 2.46. The first-order valence-corrected chi connectivity index (χ1v) is 6.24. The molecular weight excluding hydrogens is 186 g/mol. The molecule has 0 spiro atoms. The van der Waals surface area contributed by atoms with Crippen molar-refractivity contribution in [3.63, 3.8) is 0 Å². The fourth-order valence-corrected chi connectivity index (χ4v) is 2.46. The highest BCUT2D eigenvalue weighted by molar-refractivity contribution is 4.75. The third-order valence-electron chi connectivity index (χ3n) is 3.37. The van der Waals surface area contributed by atoms with Crippen LogP contribution in [0.25, 0.3) is 0 Å². The molecule has 0 aliphatic carbocycles. The third-order valence-corrected chi connectivity index (χ3v) is 3.37. The van der Waals surface area contributed by atoms with E-state index >= 15 is 0 Å². The minimum atomic E-state index is 0.291. The van der Waals surface area contributed by atoms with Crippen molar-refractivity contribution in [2.24, 2.45) is 5.73 Å². The first kappa shape index (κ1) is 12.9. The van der Waals surface area contributed by atoms with Crippen molar-refractivity contribution >= 4 is 0 Å². The van der Waals surface area contributed by atoms with E-state index in [0.29, 0.717) is 6.04 Å². The highest BCUT2D eigenvalue weighted by Gasteiger charge is 2.18. The van der Waals surface area contributed by atoms with Crippen LogP contribution in [0.15, 0.2) is 0 Å². The maximum Gasteiger partial charge on any atom is 0.0139 e. The zero-order valence-corrected chi connectivity index (χ0v) is 10.6. The van der Waals surface area contributed by atoms with Crippen LogP contribution >= 0.6 is 0 Å². The van der Waals surface area contributed by atoms with E-state index in [1.165, 1.54) is 38.8 Å². The Bertz CT molecular complexity index is 170. The summed E-state index contributed by atoms with van der Waals surface area (Å²) in [4.78, 5) is 4.87. The molecule has 0 radical (unpaired) electrons. The topological polar surface area (TPSA) is 32.5 Å². The van der Waals surface area contributed by atoms with Gasteiger partial charge in [0.2, 0.25) is 0 Å². The van der Waals surface area contributed by atoms with Gasteiger partial charge in [-0.25, -0.2) is 0 Å². The van der Waals surface area contributed by atoms with Crippen LogP contribution in [0.4, 0.5) is 0 Å². The van der Waals surface area contributed by atoms with Crippen LogP contribution < -0.4 is 5.73 Å². The Balaban J connectivity index is 2.17. The molecule has 0 aromatic heterocycles. The average Bonchev–Trinajstić information content (AvgIpc) is 2.15. The summed E-state index contributed by atoms with van der Waals surface area (Å²) in [5, 5.41) is 0. The molecule has 0 amide bonds. The number of hydrogen-bond donors (Lipinski definition) is 1. The van der Waals surface area contributed by atoms with Gasteiger partial charge in [0.15, 0.2) is 0 Å². The van der Waals surface area contributed by atoms with Crippen molar-refractivity contribution in [1.29, 1.82) is 0 Å². The second-order valence-electron chi connectivity index (χ2n) is 5.16. The van der Waals surface area contributed by atoms with E-state index in [2.05, 4.69) is 30.8 Å². The molecule has 3 nitrogen and oxygen atoms in total. The molecule has 1 aliphatic rings. The molecule has 1 rings (SSSR count). The predicted molar refractivity (Wildman–Crippen MR) is 66.0 cm³/mol. The monoisotopic (exact) mass is 213 g/mol. The molecule has 3 heteroatoms. The number of hydrogen-bond acceptors (Lipinski definition) is 3. The van der Waals surface area contributed by atoms with Crippen LogP contribution in [0, 0.1) is 0 Å². The molecule has 0 bridgehead atoms. The molecular formula is C12H27N3. The zero-order valence-electron chi connectivity index (χ0n) is 10.6. The summed E-state index contributed by atoms with van der Waals surface area (Å²) in [6.45, 7) is 5.54. The zero-order chi connectivity index (χ0) is 11.3. The molecule has 0 aromatic rings. The molecule has 90 valence electrons. The van der Waals surface area contributed by atoms with Crippen LogP contribution in [-0.2, 0) is 0 Å². The molecule has 1 aliphatic heterocycles. The van der Waals surface area contributed by atoms with Gasteiger partial charge in [0.1, 0.15) is 0 Å². The van der Waals surface area contributed by atoms with Gasteiger partial charge >= 0.3 is 0 Å². The predicted octanol–water partition coefficient (Wildman–Crippen LogP) is 1.14. The summed E-state index contributed by atoms with van der Waals surface area (Å²) in [6, 6.07) is 1.09. The van der Waals surface area contributed by atoms with E-state index in [1.807, 2.05) is 0 Å². The third kappa shape index (κ3) is 4.96. The van der Waals surface area contributed by atoms with Crippen LogP contribution in [0.3, 0.4) is 0 Å². The van der Waals surface area contributed by atoms with E-state index < -0.39 is 0 Å². The first-order chi connectivity index (χ1) is 7.09. The van der Waals surface area contributed by atoms with Crippen LogP contribution in [0.1, 0.15) is 32.6 Å². The quantitative estimate of drug-likeness (QED) is 0.743. The first-order valence-electron chi connectivity index (χ1n) is 6.24. The lowest BCUT2D eigenvalue weighted by Crippen LogP contribution is -2.40. The van der Waals surface area contributed by atoms with Gasteiger partial charge in [0, 0.05) is 18.6 Å². The Hall–Kier alpha value is -0.120. The molecule has 1 fully saturated rings. The van der Waals surface area contributed by atoms with Gasteiger partial charge in [-0.1, -0.05) is 6.42 Å². The van der Waals surface area contributed by atoms with Gasteiger partial charge in [-0.15, -0.1) is 0 Å². The largest absolute Gasteiger partial charge is 0.327 e. The lowest BCUT2D eigenvalue weighted by atomic mass is 10.00. The summed E-state index contributed by atoms with van der Waals surface area (Å²) >= 11 is 0. The number of piperidine rings is 1. The summed E-state index contributed by atoms with van der Waals surface area (Å²) in [5.74, 6) is 0. The van der Waals surface area contributed by atoms with Crippen molar-refractivity contribution in [1.82, 2.24) is 9.80 Å². The van der Waals surface area contributed by atoms with Crippen molar-refractivity contribution < 1.29 is 0 Å². The van der Waals surface area contributed by atoms with Gasteiger partial charge in [-0.3, -0.25) is 0 Å². The Kier molecular flexibility index (Phi) is 5.58. The average molecular weight is 213 g/mol. The number of rotatable bonds is 5. The van der Waals surface area contributed by atoms with E-state index in [9.17, 15) is 0 Å². The molecule has 0 saturated carbocycles. The number of likely N-dealkylation sites (N-methyl/N-ethyl adjacent to an activating group) is 1. The molecule has 1 saturated heterocycles. The standard InChI is InChI=1S/C12H27N3/c1-11(13)10-14(2)9-7-12-6-4-5-8-15(12)3/h11-12H,4-10,13H2,1-3H3. The van der Waals surface area contributed by atoms with Gasteiger partial charge in [-0.05, 0) is 53.4 Å². The van der Waals surface area contributed by atoms with E-state index in [4.69, 9.17) is 5.73 Å². The van der Waals surface area contributed by atoms with Crippen molar-refractivity contribution in [2.45, 2.75) is 44.7 Å². The molecule has 2 atom stereocenters. The van der Waals surface area contributed by atoms with Crippen molar-refractivity contribution in [2.75, 3.05) is 33.7 Å². The molecule has 2 N–H and O–H groups in total. The Morgan fingerprint density at radius 3 is 2.80 bits per heavy atom. The van der Waals surface area contributed by atoms with Gasteiger partial charge in [0.25, 0.3) is 0 Å². The minimum absolute atomic E-state index is 0.291. The smallest absolute Gasteiger partial charge is 0.0139 e. The Labute approximate surface area is 94.6 Å². The van der Waals surface area contributed by atoms with Gasteiger partial charge < -0.3 is 15.5 Å². The van der Waals surface area contributed by atoms with Gasteiger partial charge in [-0.2, -0.15) is 0 Å². The molecule has 0 aromatic carbocycles. The summed E-state index contributed by atoms with van der Waals surface area (Å²) < 4.78 is 0. The van der Waals surface area contributed by atoms with Crippen molar-refractivity contribution in [3.8, 4) is 0 Å². The normalized spacial score (nSPS) is 25.8. The maximum absolute atomic E-state index is 5.78. The lowest BCUT2D eigenvalue weighted by Gasteiger charge is -2.33. The summed E-state index contributed by atoms with van der Waals surface area (Å²) in [5.41, 5.74) is 5.78. The Morgan fingerprint density at radius 1 is 1.47 bits per heavy atom. The molecule has 2 unspecified atom stereocenters. The molecule has 15 heavy (non-hydrogen) atoms. The van der Waals surface area contributed by atoms with E-state index in [-0.39, 0.29) is 0 Å². The Morgan fingerprint density at radius 2 is 2.20 bits per heavy atom. The SMILES string of the molecule is CC(N)CN(C)CCC1CCCCN1C. The number of nitrogens with two attached hydrogens (primary N) is 1. The number of likely N-dealkylation sites (tertiary alicyclic amines) is 1.